The van der Waals surface area contributed by atoms with E-state index in [1.54, 1.807) is 20.1 Å². The number of nitro groups is 1. The number of methoxy groups -OCH3 is 2. The predicted octanol–water partition coefficient (Wildman–Crippen LogP) is 2.67. The molecule has 144 valence electrons. The number of nitrogens with zero attached hydrogens (tertiary/aromatic N) is 2. The van der Waals surface area contributed by atoms with Crippen LogP contribution in [0.5, 0.6) is 11.5 Å². The summed E-state index contributed by atoms with van der Waals surface area (Å²) < 4.78 is 37.9. The van der Waals surface area contributed by atoms with Crippen LogP contribution in [0.1, 0.15) is 16.7 Å². The van der Waals surface area contributed by atoms with E-state index < -0.39 is 14.9 Å². The Hall–Kier alpha value is -2.65. The molecule has 0 saturated heterocycles. The van der Waals surface area contributed by atoms with Crippen LogP contribution >= 0.6 is 0 Å². The average molecular weight is 392 g/mol. The number of hydrogen-bond donors (Lipinski definition) is 0. The van der Waals surface area contributed by atoms with Gasteiger partial charge in [0.25, 0.3) is 5.69 Å². The van der Waals surface area contributed by atoms with Crippen molar-refractivity contribution in [1.29, 1.82) is 0 Å². The van der Waals surface area contributed by atoms with E-state index in [0.29, 0.717) is 23.5 Å². The van der Waals surface area contributed by atoms with Gasteiger partial charge in [0, 0.05) is 24.7 Å². The number of hydrogen-bond acceptors (Lipinski definition) is 6. The fourth-order valence-electron chi connectivity index (χ4n) is 3.16. The highest BCUT2D eigenvalue weighted by atomic mass is 32.2. The van der Waals surface area contributed by atoms with Gasteiger partial charge in [0.2, 0.25) is 10.0 Å². The van der Waals surface area contributed by atoms with E-state index in [9.17, 15) is 18.5 Å². The third-order valence-electron chi connectivity index (χ3n) is 4.70. The van der Waals surface area contributed by atoms with Crippen LogP contribution in [0, 0.1) is 17.0 Å². The predicted molar refractivity (Wildman–Crippen MR) is 98.7 cm³/mol. The second-order valence-corrected chi connectivity index (χ2v) is 8.21. The Morgan fingerprint density at radius 3 is 2.30 bits per heavy atom. The van der Waals surface area contributed by atoms with Gasteiger partial charge in [-0.25, -0.2) is 8.42 Å². The lowest BCUT2D eigenvalue weighted by molar-refractivity contribution is -0.385. The minimum absolute atomic E-state index is 0.0799. The maximum atomic E-state index is 13.0. The second kappa shape index (κ2) is 7.16. The van der Waals surface area contributed by atoms with Crippen LogP contribution in [0.2, 0.25) is 0 Å². The van der Waals surface area contributed by atoms with Crippen molar-refractivity contribution in [2.75, 3.05) is 20.8 Å². The van der Waals surface area contributed by atoms with Gasteiger partial charge in [0.1, 0.15) is 0 Å². The molecule has 0 unspecified atom stereocenters. The van der Waals surface area contributed by atoms with Gasteiger partial charge in [0.05, 0.1) is 24.0 Å². The Labute approximate surface area is 157 Å². The molecular weight excluding hydrogens is 372 g/mol. The van der Waals surface area contributed by atoms with E-state index in [1.165, 1.54) is 23.5 Å². The number of nitro benzene ring substituents is 1. The number of fused-ring (bicyclic) bond motifs is 1. The van der Waals surface area contributed by atoms with Crippen LogP contribution in [0.15, 0.2) is 35.2 Å². The average Bonchev–Trinajstić information content (AvgIpc) is 2.66. The molecule has 0 bridgehead atoms. The van der Waals surface area contributed by atoms with E-state index in [4.69, 9.17) is 9.47 Å². The molecule has 0 aromatic heterocycles. The van der Waals surface area contributed by atoms with Crippen molar-refractivity contribution in [3.63, 3.8) is 0 Å². The van der Waals surface area contributed by atoms with Crippen LogP contribution in [-0.2, 0) is 23.0 Å². The van der Waals surface area contributed by atoms with Gasteiger partial charge in [-0.3, -0.25) is 10.1 Å². The Kier molecular flexibility index (Phi) is 5.07. The number of aryl methyl sites for hydroxylation is 1. The van der Waals surface area contributed by atoms with Gasteiger partial charge in [-0.05, 0) is 42.7 Å². The van der Waals surface area contributed by atoms with Crippen molar-refractivity contribution < 1.29 is 22.8 Å². The Morgan fingerprint density at radius 2 is 1.70 bits per heavy atom. The molecule has 2 aromatic rings. The second-order valence-electron chi connectivity index (χ2n) is 6.27. The first kappa shape index (κ1) is 19.1. The number of ether oxygens (including phenoxy) is 2. The molecule has 0 spiro atoms. The molecule has 0 atom stereocenters. The first-order valence-electron chi connectivity index (χ1n) is 8.27. The van der Waals surface area contributed by atoms with Gasteiger partial charge in [0.15, 0.2) is 11.5 Å². The van der Waals surface area contributed by atoms with Crippen LogP contribution < -0.4 is 9.47 Å². The highest BCUT2D eigenvalue weighted by Gasteiger charge is 2.30. The molecule has 1 aliphatic rings. The van der Waals surface area contributed by atoms with Crippen LogP contribution in [0.3, 0.4) is 0 Å². The molecule has 0 fully saturated rings. The molecular formula is C18H20N2O6S. The lowest BCUT2D eigenvalue weighted by atomic mass is 10.0. The van der Waals surface area contributed by atoms with Gasteiger partial charge in [-0.2, -0.15) is 4.31 Å². The standard InChI is InChI=1S/C18H20N2O6S/c1-12-4-5-15(10-16(12)20(21)22)27(23,24)19-7-6-13-8-17(25-2)18(26-3)9-14(13)11-19/h4-5,8-10H,6-7,11H2,1-3H3. The molecule has 0 saturated carbocycles. The first-order valence-corrected chi connectivity index (χ1v) is 9.71. The molecule has 27 heavy (non-hydrogen) atoms. The van der Waals surface area contributed by atoms with E-state index >= 15 is 0 Å². The third-order valence-corrected chi connectivity index (χ3v) is 6.54. The SMILES string of the molecule is COc1cc2c(cc1OC)CN(S(=O)(=O)c1ccc(C)c([N+](=O)[O-])c1)CC2. The highest BCUT2D eigenvalue weighted by Crippen LogP contribution is 2.35. The topological polar surface area (TPSA) is 99.0 Å². The zero-order valence-electron chi connectivity index (χ0n) is 15.3. The van der Waals surface area contributed by atoms with Crippen molar-refractivity contribution >= 4 is 15.7 Å². The molecule has 0 aliphatic carbocycles. The fraction of sp³-hybridized carbons (Fsp3) is 0.333. The highest BCUT2D eigenvalue weighted by molar-refractivity contribution is 7.89. The van der Waals surface area contributed by atoms with Gasteiger partial charge >= 0.3 is 0 Å². The fourth-order valence-corrected chi connectivity index (χ4v) is 4.60. The number of rotatable bonds is 5. The quantitative estimate of drug-likeness (QED) is 0.573. The van der Waals surface area contributed by atoms with E-state index in [0.717, 1.165) is 17.2 Å². The first-order chi connectivity index (χ1) is 12.8. The monoisotopic (exact) mass is 392 g/mol. The summed E-state index contributed by atoms with van der Waals surface area (Å²) in [5.74, 6) is 1.13. The van der Waals surface area contributed by atoms with Crippen molar-refractivity contribution in [2.45, 2.75) is 24.8 Å². The van der Waals surface area contributed by atoms with E-state index in [2.05, 4.69) is 0 Å². The summed E-state index contributed by atoms with van der Waals surface area (Å²) in [7, 11) is -0.785. The summed E-state index contributed by atoms with van der Waals surface area (Å²) in [4.78, 5) is 10.5. The summed E-state index contributed by atoms with van der Waals surface area (Å²) in [5.41, 5.74) is 2.03. The number of sulfonamides is 1. The zero-order chi connectivity index (χ0) is 19.8. The normalized spacial score (nSPS) is 14.5. The van der Waals surface area contributed by atoms with Crippen LogP contribution in [0.25, 0.3) is 0 Å². The Bertz CT molecular complexity index is 1000. The van der Waals surface area contributed by atoms with Gasteiger partial charge in [-0.1, -0.05) is 6.07 Å². The summed E-state index contributed by atoms with van der Waals surface area (Å²) in [6.07, 6.45) is 0.517. The van der Waals surface area contributed by atoms with Crippen molar-refractivity contribution in [2.24, 2.45) is 0 Å². The molecule has 0 amide bonds. The van der Waals surface area contributed by atoms with Crippen molar-refractivity contribution in [1.82, 2.24) is 4.31 Å². The Balaban J connectivity index is 1.96. The summed E-state index contributed by atoms with van der Waals surface area (Å²) in [6.45, 7) is 2.03. The minimum Gasteiger partial charge on any atom is -0.493 e. The molecule has 1 heterocycles. The molecule has 1 aliphatic heterocycles. The summed E-state index contributed by atoms with van der Waals surface area (Å²) >= 11 is 0. The summed E-state index contributed by atoms with van der Waals surface area (Å²) in [6, 6.07) is 7.61. The molecule has 9 heteroatoms. The molecule has 3 rings (SSSR count). The summed E-state index contributed by atoms with van der Waals surface area (Å²) in [5, 5.41) is 11.1. The smallest absolute Gasteiger partial charge is 0.273 e. The third kappa shape index (κ3) is 3.47. The lowest BCUT2D eigenvalue weighted by Gasteiger charge is -2.29. The van der Waals surface area contributed by atoms with Crippen molar-refractivity contribution in [3.8, 4) is 11.5 Å². The van der Waals surface area contributed by atoms with Gasteiger partial charge < -0.3 is 9.47 Å². The largest absolute Gasteiger partial charge is 0.493 e. The van der Waals surface area contributed by atoms with Crippen LogP contribution in [0.4, 0.5) is 5.69 Å². The van der Waals surface area contributed by atoms with Crippen LogP contribution in [-0.4, -0.2) is 38.4 Å². The van der Waals surface area contributed by atoms with Gasteiger partial charge in [-0.15, -0.1) is 0 Å². The van der Waals surface area contributed by atoms with Crippen molar-refractivity contribution in [3.05, 3.63) is 57.1 Å². The molecule has 8 nitrogen and oxygen atoms in total. The molecule has 0 N–H and O–H groups in total. The molecule has 2 aromatic carbocycles. The minimum atomic E-state index is -3.86. The molecule has 0 radical (unpaired) electrons. The van der Waals surface area contributed by atoms with E-state index in [1.807, 2.05) is 6.07 Å². The van der Waals surface area contributed by atoms with E-state index in [-0.39, 0.29) is 23.7 Å². The zero-order valence-corrected chi connectivity index (χ0v) is 16.1. The number of benzene rings is 2. The maximum absolute atomic E-state index is 13.0. The Morgan fingerprint density at radius 1 is 1.07 bits per heavy atom. The lowest BCUT2D eigenvalue weighted by Crippen LogP contribution is -2.36. The maximum Gasteiger partial charge on any atom is 0.273 e.